The van der Waals surface area contributed by atoms with Gasteiger partial charge in [-0.05, 0) is 48.6 Å². The normalized spacial score (nSPS) is 18.7. The monoisotopic (exact) mass is 577 g/mol. The van der Waals surface area contributed by atoms with Crippen LogP contribution in [0.25, 0.3) is 11.3 Å². The molecule has 3 aromatic rings. The number of carbonyl (C=O) groups excluding carboxylic acids is 2. The van der Waals surface area contributed by atoms with Gasteiger partial charge in [0.05, 0.1) is 16.6 Å². The van der Waals surface area contributed by atoms with Gasteiger partial charge in [0.25, 0.3) is 15.9 Å². The minimum absolute atomic E-state index is 0.00586. The predicted molar refractivity (Wildman–Crippen MR) is 155 cm³/mol. The third-order valence-corrected chi connectivity index (χ3v) is 8.58. The number of hydrogen-bond acceptors (Lipinski definition) is 7. The van der Waals surface area contributed by atoms with Crippen molar-refractivity contribution < 1.29 is 22.7 Å². The Morgan fingerprint density at radius 1 is 1.05 bits per heavy atom. The molecule has 0 saturated carbocycles. The molecule has 0 spiro atoms. The molecule has 5 rings (SSSR count). The molecule has 2 amide bonds. The van der Waals surface area contributed by atoms with E-state index in [1.807, 2.05) is 52.8 Å². The Balaban J connectivity index is 1.61. The number of nitrogens with one attached hydrogen (secondary N) is 1. The minimum atomic E-state index is -4.12. The SMILES string of the molecule is Cc1cccc(C)c1-c1cc2nc(n1)NS(=O)(=O)c1cccc(c1)C(=O)N1CCN(C(=O)CC(C)(C)C)C(CO2)C1. The summed E-state index contributed by atoms with van der Waals surface area (Å²) in [4.78, 5) is 39.1. The molecule has 1 aromatic heterocycles. The maximum Gasteiger partial charge on any atom is 0.264 e. The van der Waals surface area contributed by atoms with Crippen molar-refractivity contribution in [1.82, 2.24) is 19.8 Å². The van der Waals surface area contributed by atoms with E-state index in [0.717, 1.165) is 16.7 Å². The second-order valence-electron chi connectivity index (χ2n) is 11.9. The highest BCUT2D eigenvalue weighted by Crippen LogP contribution is 2.30. The minimum Gasteiger partial charge on any atom is -0.475 e. The van der Waals surface area contributed by atoms with Gasteiger partial charge >= 0.3 is 0 Å². The Morgan fingerprint density at radius 3 is 2.46 bits per heavy atom. The first-order valence-corrected chi connectivity index (χ1v) is 15.1. The lowest BCUT2D eigenvalue weighted by atomic mass is 9.91. The van der Waals surface area contributed by atoms with Crippen molar-refractivity contribution in [1.29, 1.82) is 0 Å². The van der Waals surface area contributed by atoms with Crippen LogP contribution in [0.2, 0.25) is 0 Å². The molecular weight excluding hydrogens is 542 g/mol. The summed E-state index contributed by atoms with van der Waals surface area (Å²) in [6, 6.07) is 13.0. The summed E-state index contributed by atoms with van der Waals surface area (Å²) < 4.78 is 35.4. The standard InChI is InChI=1S/C30H35N5O5S/c1-19-8-6-9-20(2)27(19)24-15-25-32-29(31-24)33-41(38,39)23-11-7-10-21(14-23)28(37)34-12-13-35(22(17-34)18-40-25)26(36)16-30(3,4)5/h6-11,14-15,22H,12-13,16-18H2,1-5H3,(H,31,32,33). The number of piperazine rings is 1. The van der Waals surface area contributed by atoms with Gasteiger partial charge in [0, 0.05) is 43.2 Å². The first-order valence-electron chi connectivity index (χ1n) is 13.6. The van der Waals surface area contributed by atoms with Crippen LogP contribution in [-0.4, -0.2) is 72.3 Å². The summed E-state index contributed by atoms with van der Waals surface area (Å²) in [6.45, 7) is 10.9. The van der Waals surface area contributed by atoms with Crippen molar-refractivity contribution in [3.8, 4) is 17.1 Å². The van der Waals surface area contributed by atoms with Crippen molar-refractivity contribution in [3.63, 3.8) is 0 Å². The number of aromatic nitrogens is 2. The molecular formula is C30H35N5O5S. The molecule has 1 saturated heterocycles. The van der Waals surface area contributed by atoms with Crippen molar-refractivity contribution in [2.75, 3.05) is 31.0 Å². The molecule has 10 nitrogen and oxygen atoms in total. The highest BCUT2D eigenvalue weighted by molar-refractivity contribution is 7.92. The second kappa shape index (κ2) is 10.8. The van der Waals surface area contributed by atoms with Crippen molar-refractivity contribution in [2.45, 2.75) is 52.0 Å². The maximum atomic E-state index is 13.5. The lowest BCUT2D eigenvalue weighted by Crippen LogP contribution is -2.58. The zero-order chi connectivity index (χ0) is 29.5. The van der Waals surface area contributed by atoms with Gasteiger partial charge in [-0.25, -0.2) is 18.1 Å². The molecule has 2 aromatic carbocycles. The molecule has 41 heavy (non-hydrogen) atoms. The molecule has 2 aliphatic heterocycles. The first kappa shape index (κ1) is 28.5. The summed E-state index contributed by atoms with van der Waals surface area (Å²) in [5.74, 6) is -0.305. The topological polar surface area (TPSA) is 122 Å². The number of anilines is 1. The fourth-order valence-corrected chi connectivity index (χ4v) is 6.29. The quantitative estimate of drug-likeness (QED) is 0.488. The fraction of sp³-hybridized carbons (Fsp3) is 0.400. The molecule has 1 unspecified atom stereocenters. The van der Waals surface area contributed by atoms with Gasteiger partial charge in [-0.1, -0.05) is 45.0 Å². The van der Waals surface area contributed by atoms with Crippen LogP contribution in [0.3, 0.4) is 0 Å². The molecule has 0 aliphatic carbocycles. The Kier molecular flexibility index (Phi) is 7.50. The first-order chi connectivity index (χ1) is 19.3. The van der Waals surface area contributed by atoms with Crippen LogP contribution in [0, 0.1) is 19.3 Å². The van der Waals surface area contributed by atoms with Gasteiger partial charge < -0.3 is 14.5 Å². The lowest BCUT2D eigenvalue weighted by molar-refractivity contribution is -0.138. The van der Waals surface area contributed by atoms with E-state index in [2.05, 4.69) is 14.7 Å². The number of amides is 2. The number of ether oxygens (including phenoxy) is 1. The van der Waals surface area contributed by atoms with Gasteiger partial charge in [-0.15, -0.1) is 0 Å². The number of carbonyl (C=O) groups is 2. The van der Waals surface area contributed by atoms with Gasteiger partial charge in [-0.3, -0.25) is 9.59 Å². The van der Waals surface area contributed by atoms with Crippen molar-refractivity contribution in [3.05, 3.63) is 65.2 Å². The van der Waals surface area contributed by atoms with Gasteiger partial charge in [0.2, 0.25) is 17.7 Å². The Morgan fingerprint density at radius 2 is 1.76 bits per heavy atom. The number of hydrogen-bond donors (Lipinski definition) is 1. The third-order valence-electron chi connectivity index (χ3n) is 7.25. The van der Waals surface area contributed by atoms with E-state index < -0.39 is 16.1 Å². The lowest BCUT2D eigenvalue weighted by Gasteiger charge is -2.42. The summed E-state index contributed by atoms with van der Waals surface area (Å²) in [5, 5.41) is 0. The second-order valence-corrected chi connectivity index (χ2v) is 13.5. The van der Waals surface area contributed by atoms with E-state index in [-0.39, 0.29) is 52.7 Å². The van der Waals surface area contributed by atoms with Crippen LogP contribution < -0.4 is 9.46 Å². The number of rotatable bonds is 2. The highest BCUT2D eigenvalue weighted by atomic mass is 32.2. The van der Waals surface area contributed by atoms with Crippen LogP contribution in [0.4, 0.5) is 5.95 Å². The van der Waals surface area contributed by atoms with E-state index in [1.54, 1.807) is 21.9 Å². The molecule has 216 valence electrons. The maximum absolute atomic E-state index is 13.5. The average molecular weight is 578 g/mol. The fourth-order valence-electron chi connectivity index (χ4n) is 5.30. The van der Waals surface area contributed by atoms with E-state index in [4.69, 9.17) is 4.74 Å². The van der Waals surface area contributed by atoms with E-state index in [0.29, 0.717) is 25.2 Å². The average Bonchev–Trinajstić information content (AvgIpc) is 2.89. The molecule has 0 radical (unpaired) electrons. The number of nitrogens with zero attached hydrogens (tertiary/aromatic N) is 4. The third kappa shape index (κ3) is 6.19. The number of aryl methyl sites for hydroxylation is 2. The molecule has 1 atom stereocenters. The molecule has 2 aliphatic rings. The predicted octanol–water partition coefficient (Wildman–Crippen LogP) is 4.04. The Hall–Kier alpha value is -3.99. The molecule has 6 bridgehead atoms. The zero-order valence-corrected chi connectivity index (χ0v) is 24.8. The number of fused-ring (bicyclic) bond motifs is 6. The largest absolute Gasteiger partial charge is 0.475 e. The summed E-state index contributed by atoms with van der Waals surface area (Å²) in [7, 11) is -4.12. The highest BCUT2D eigenvalue weighted by Gasteiger charge is 2.35. The zero-order valence-electron chi connectivity index (χ0n) is 24.0. The smallest absolute Gasteiger partial charge is 0.264 e. The van der Waals surface area contributed by atoms with Crippen molar-refractivity contribution in [2.24, 2.45) is 5.41 Å². The summed E-state index contributed by atoms with van der Waals surface area (Å²) in [5.41, 5.74) is 3.32. The van der Waals surface area contributed by atoms with Crippen molar-refractivity contribution >= 4 is 27.8 Å². The number of sulfonamides is 1. The Bertz CT molecular complexity index is 1600. The molecule has 1 N–H and O–H groups in total. The molecule has 11 heteroatoms. The van der Waals surface area contributed by atoms with E-state index in [1.165, 1.54) is 18.2 Å². The van der Waals surface area contributed by atoms with Crippen LogP contribution in [0.5, 0.6) is 5.88 Å². The van der Waals surface area contributed by atoms with Crippen LogP contribution in [-0.2, 0) is 14.8 Å². The molecule has 1 fully saturated rings. The molecule has 3 heterocycles. The summed E-state index contributed by atoms with van der Waals surface area (Å²) >= 11 is 0. The summed E-state index contributed by atoms with van der Waals surface area (Å²) in [6.07, 6.45) is 0.357. The van der Waals surface area contributed by atoms with E-state index in [9.17, 15) is 18.0 Å². The van der Waals surface area contributed by atoms with Crippen LogP contribution in [0.15, 0.2) is 53.4 Å². The van der Waals surface area contributed by atoms with Crippen LogP contribution in [0.1, 0.15) is 48.7 Å². The van der Waals surface area contributed by atoms with Crippen LogP contribution >= 0.6 is 0 Å². The number of benzene rings is 2. The Labute approximate surface area is 240 Å². The van der Waals surface area contributed by atoms with Gasteiger partial charge in [-0.2, -0.15) is 4.98 Å². The van der Waals surface area contributed by atoms with Gasteiger partial charge in [0.15, 0.2) is 0 Å². The van der Waals surface area contributed by atoms with Gasteiger partial charge in [0.1, 0.15) is 6.61 Å². The van der Waals surface area contributed by atoms with E-state index >= 15 is 0 Å².